The predicted octanol–water partition coefficient (Wildman–Crippen LogP) is 1.68. The van der Waals surface area contributed by atoms with Gasteiger partial charge >= 0.3 is 6.61 Å². The highest BCUT2D eigenvalue weighted by atomic mass is 32.2. The number of hydrogen-bond donors (Lipinski definition) is 0. The fraction of sp³-hybridized carbons (Fsp3) is 0.500. The third-order valence-electron chi connectivity index (χ3n) is 3.53. The largest absolute Gasteiger partial charge is 0.435 e. The predicted molar refractivity (Wildman–Crippen MR) is 76.3 cm³/mol. The maximum Gasteiger partial charge on any atom is 0.387 e. The number of amides is 1. The van der Waals surface area contributed by atoms with Crippen LogP contribution in [0.5, 0.6) is 5.75 Å². The van der Waals surface area contributed by atoms with E-state index < -0.39 is 22.4 Å². The Hall–Kier alpha value is -1.70. The van der Waals surface area contributed by atoms with E-state index in [0.717, 1.165) is 5.56 Å². The molecular weight excluding hydrogens is 316 g/mol. The molecule has 0 N–H and O–H groups in total. The Labute approximate surface area is 127 Å². The summed E-state index contributed by atoms with van der Waals surface area (Å²) < 4.78 is 51.2. The van der Waals surface area contributed by atoms with E-state index >= 15 is 0 Å². The average molecular weight is 333 g/mol. The minimum atomic E-state index is -3.10. The molecule has 5 nitrogen and oxygen atoms in total. The zero-order valence-corrected chi connectivity index (χ0v) is 12.9. The van der Waals surface area contributed by atoms with Gasteiger partial charge in [0.05, 0.1) is 17.4 Å². The molecule has 1 atom stereocenters. The fourth-order valence-electron chi connectivity index (χ4n) is 2.43. The van der Waals surface area contributed by atoms with Crippen LogP contribution in [0.25, 0.3) is 0 Å². The fourth-order valence-corrected chi connectivity index (χ4v) is 4.16. The number of sulfone groups is 1. The number of ether oxygens (including phenoxy) is 1. The standard InChI is InChI=1S/C14H17F2NO4S/c1-17(13(18)11-6-7-22(19,20)9-11)8-10-2-4-12(5-3-10)21-14(15)16/h2-5,11,14H,6-9H2,1H3. The van der Waals surface area contributed by atoms with Gasteiger partial charge < -0.3 is 9.64 Å². The van der Waals surface area contributed by atoms with Gasteiger partial charge in [-0.15, -0.1) is 0 Å². The summed E-state index contributed by atoms with van der Waals surface area (Å²) in [7, 11) is -1.51. The lowest BCUT2D eigenvalue weighted by molar-refractivity contribution is -0.133. The van der Waals surface area contributed by atoms with Crippen molar-refractivity contribution in [3.05, 3.63) is 29.8 Å². The number of benzene rings is 1. The van der Waals surface area contributed by atoms with E-state index in [4.69, 9.17) is 0 Å². The Bertz CT molecular complexity index is 631. The van der Waals surface area contributed by atoms with Crippen LogP contribution in [0, 0.1) is 5.92 Å². The molecule has 0 bridgehead atoms. The summed E-state index contributed by atoms with van der Waals surface area (Å²) in [6.45, 7) is -2.59. The van der Waals surface area contributed by atoms with E-state index in [1.54, 1.807) is 19.2 Å². The first-order valence-corrected chi connectivity index (χ1v) is 8.58. The van der Waals surface area contributed by atoms with Crippen LogP contribution in [0.4, 0.5) is 8.78 Å². The molecule has 2 rings (SSSR count). The van der Waals surface area contributed by atoms with Crippen molar-refractivity contribution in [2.45, 2.75) is 19.6 Å². The zero-order chi connectivity index (χ0) is 16.3. The van der Waals surface area contributed by atoms with E-state index in [0.29, 0.717) is 6.42 Å². The van der Waals surface area contributed by atoms with Crippen molar-refractivity contribution < 1.29 is 26.7 Å². The number of carbonyl (C=O) groups is 1. The summed E-state index contributed by atoms with van der Waals surface area (Å²) in [5.41, 5.74) is 0.748. The quantitative estimate of drug-likeness (QED) is 0.822. The third-order valence-corrected chi connectivity index (χ3v) is 5.29. The lowest BCUT2D eigenvalue weighted by atomic mass is 10.1. The highest BCUT2D eigenvalue weighted by Crippen LogP contribution is 2.21. The van der Waals surface area contributed by atoms with Gasteiger partial charge in [0.15, 0.2) is 9.84 Å². The number of alkyl halides is 2. The molecule has 1 aromatic rings. The molecule has 1 aromatic carbocycles. The molecule has 0 radical (unpaired) electrons. The number of carbonyl (C=O) groups excluding carboxylic acids is 1. The SMILES string of the molecule is CN(Cc1ccc(OC(F)F)cc1)C(=O)C1CCS(=O)(=O)C1. The van der Waals surface area contributed by atoms with Crippen molar-refractivity contribution in [3.63, 3.8) is 0 Å². The molecule has 122 valence electrons. The van der Waals surface area contributed by atoms with Crippen molar-refractivity contribution in [2.24, 2.45) is 5.92 Å². The van der Waals surface area contributed by atoms with Crippen LogP contribution in [0.15, 0.2) is 24.3 Å². The summed E-state index contributed by atoms with van der Waals surface area (Å²) >= 11 is 0. The van der Waals surface area contributed by atoms with E-state index in [9.17, 15) is 22.0 Å². The van der Waals surface area contributed by atoms with Gasteiger partial charge in [-0.2, -0.15) is 8.78 Å². The third kappa shape index (κ3) is 4.40. The molecule has 1 aliphatic heterocycles. The normalized spacial score (nSPS) is 20.1. The summed E-state index contributed by atoms with van der Waals surface area (Å²) in [4.78, 5) is 13.6. The molecule has 1 amide bonds. The summed E-state index contributed by atoms with van der Waals surface area (Å²) in [6, 6.07) is 5.99. The van der Waals surface area contributed by atoms with Crippen molar-refractivity contribution >= 4 is 15.7 Å². The Morgan fingerprint density at radius 1 is 1.36 bits per heavy atom. The highest BCUT2D eigenvalue weighted by Gasteiger charge is 2.34. The second-order valence-corrected chi connectivity index (χ2v) is 7.55. The van der Waals surface area contributed by atoms with Gasteiger partial charge in [-0.1, -0.05) is 12.1 Å². The van der Waals surface area contributed by atoms with Gasteiger partial charge in [0.1, 0.15) is 5.75 Å². The number of rotatable bonds is 5. The first-order chi connectivity index (χ1) is 10.3. The van der Waals surface area contributed by atoms with Crippen LogP contribution in [0.3, 0.4) is 0 Å². The van der Waals surface area contributed by atoms with Crippen LogP contribution in [0.2, 0.25) is 0 Å². The maximum atomic E-state index is 12.2. The number of halogens is 2. The van der Waals surface area contributed by atoms with Crippen LogP contribution in [-0.4, -0.2) is 44.4 Å². The molecule has 0 aliphatic carbocycles. The second kappa shape index (κ2) is 6.60. The Kier molecular flexibility index (Phi) is 5.00. The molecule has 22 heavy (non-hydrogen) atoms. The van der Waals surface area contributed by atoms with Crippen molar-refractivity contribution in [3.8, 4) is 5.75 Å². The number of nitrogens with zero attached hydrogens (tertiary/aromatic N) is 1. The Morgan fingerprint density at radius 2 is 2.00 bits per heavy atom. The van der Waals surface area contributed by atoms with Gasteiger partial charge in [0.25, 0.3) is 0 Å². The van der Waals surface area contributed by atoms with Crippen molar-refractivity contribution in [1.82, 2.24) is 4.90 Å². The van der Waals surface area contributed by atoms with Gasteiger partial charge in [0.2, 0.25) is 5.91 Å². The van der Waals surface area contributed by atoms with E-state index in [-0.39, 0.29) is 29.7 Å². The van der Waals surface area contributed by atoms with E-state index in [2.05, 4.69) is 4.74 Å². The van der Waals surface area contributed by atoms with Crippen molar-refractivity contribution in [2.75, 3.05) is 18.6 Å². The Morgan fingerprint density at radius 3 is 2.50 bits per heavy atom. The molecule has 1 unspecified atom stereocenters. The Balaban J connectivity index is 1.94. The minimum absolute atomic E-state index is 0.0506. The number of hydrogen-bond acceptors (Lipinski definition) is 4. The molecule has 1 saturated heterocycles. The van der Waals surface area contributed by atoms with Crippen LogP contribution >= 0.6 is 0 Å². The highest BCUT2D eigenvalue weighted by molar-refractivity contribution is 7.91. The minimum Gasteiger partial charge on any atom is -0.435 e. The molecule has 0 spiro atoms. The summed E-state index contributed by atoms with van der Waals surface area (Å²) in [6.07, 6.45) is 0.354. The molecule has 1 fully saturated rings. The van der Waals surface area contributed by atoms with Gasteiger partial charge in [-0.25, -0.2) is 8.42 Å². The molecule has 1 aliphatic rings. The smallest absolute Gasteiger partial charge is 0.387 e. The summed E-state index contributed by atoms with van der Waals surface area (Å²) in [5.74, 6) is -0.700. The van der Waals surface area contributed by atoms with Gasteiger partial charge in [0, 0.05) is 13.6 Å². The monoisotopic (exact) mass is 333 g/mol. The molecule has 8 heteroatoms. The molecular formula is C14H17F2NO4S. The van der Waals surface area contributed by atoms with Gasteiger partial charge in [-0.05, 0) is 24.1 Å². The van der Waals surface area contributed by atoms with Crippen LogP contribution in [0.1, 0.15) is 12.0 Å². The van der Waals surface area contributed by atoms with Crippen LogP contribution in [-0.2, 0) is 21.2 Å². The molecule has 0 aromatic heterocycles. The van der Waals surface area contributed by atoms with Crippen molar-refractivity contribution in [1.29, 1.82) is 0 Å². The lowest BCUT2D eigenvalue weighted by Crippen LogP contribution is -2.33. The molecule has 0 saturated carbocycles. The molecule has 1 heterocycles. The van der Waals surface area contributed by atoms with E-state index in [1.807, 2.05) is 0 Å². The van der Waals surface area contributed by atoms with E-state index in [1.165, 1.54) is 17.0 Å². The topological polar surface area (TPSA) is 63.7 Å². The average Bonchev–Trinajstić information content (AvgIpc) is 2.80. The zero-order valence-electron chi connectivity index (χ0n) is 12.0. The van der Waals surface area contributed by atoms with Crippen LogP contribution < -0.4 is 4.74 Å². The second-order valence-electron chi connectivity index (χ2n) is 5.32. The summed E-state index contributed by atoms with van der Waals surface area (Å²) in [5, 5.41) is 0. The first kappa shape index (κ1) is 16.7. The maximum absolute atomic E-state index is 12.2. The van der Waals surface area contributed by atoms with Gasteiger partial charge in [-0.3, -0.25) is 4.79 Å². The first-order valence-electron chi connectivity index (χ1n) is 6.76. The lowest BCUT2D eigenvalue weighted by Gasteiger charge is -2.20.